The number of thioether (sulfide) groups is 1. The maximum Gasteiger partial charge on any atom is 0.101 e. The second-order valence-corrected chi connectivity index (χ2v) is 5.09. The van der Waals surface area contributed by atoms with Crippen LogP contribution in [0.25, 0.3) is 0 Å². The topological polar surface area (TPSA) is 27.0 Å². The minimum absolute atomic E-state index is 0.724. The maximum absolute atomic E-state index is 8.99. The SMILES string of the molecule is CSCCN(C)c1cc(Br)ccc1C#N. The van der Waals surface area contributed by atoms with Crippen LogP contribution in [0.2, 0.25) is 0 Å². The van der Waals surface area contributed by atoms with Crippen LogP contribution in [0.5, 0.6) is 0 Å². The van der Waals surface area contributed by atoms with E-state index in [1.54, 1.807) is 11.8 Å². The van der Waals surface area contributed by atoms with Crippen molar-refractivity contribution < 1.29 is 0 Å². The Morgan fingerprint density at radius 1 is 1.53 bits per heavy atom. The Hall–Kier alpha value is -0.660. The standard InChI is InChI=1S/C11H13BrN2S/c1-14(5-6-15-2)11-7-10(12)4-3-9(11)8-13/h3-4,7H,5-6H2,1-2H3. The molecule has 0 aromatic heterocycles. The van der Waals surface area contributed by atoms with E-state index in [0.29, 0.717) is 0 Å². The highest BCUT2D eigenvalue weighted by molar-refractivity contribution is 9.10. The molecule has 0 bridgehead atoms. The number of hydrogen-bond donors (Lipinski definition) is 0. The van der Waals surface area contributed by atoms with Crippen LogP contribution in [-0.4, -0.2) is 25.6 Å². The van der Waals surface area contributed by atoms with Gasteiger partial charge in [0.25, 0.3) is 0 Å². The molecule has 0 saturated carbocycles. The summed E-state index contributed by atoms with van der Waals surface area (Å²) in [6, 6.07) is 7.93. The van der Waals surface area contributed by atoms with Crippen molar-refractivity contribution in [3.05, 3.63) is 28.2 Å². The molecule has 0 N–H and O–H groups in total. The number of nitrogens with zero attached hydrogens (tertiary/aromatic N) is 2. The minimum atomic E-state index is 0.724. The molecule has 0 heterocycles. The summed E-state index contributed by atoms with van der Waals surface area (Å²) in [7, 11) is 2.01. The highest BCUT2D eigenvalue weighted by Gasteiger charge is 2.07. The van der Waals surface area contributed by atoms with Gasteiger partial charge >= 0.3 is 0 Å². The van der Waals surface area contributed by atoms with Crippen molar-refractivity contribution in [1.29, 1.82) is 5.26 Å². The number of hydrogen-bond acceptors (Lipinski definition) is 3. The van der Waals surface area contributed by atoms with Gasteiger partial charge in [0.2, 0.25) is 0 Å². The molecule has 0 aliphatic rings. The van der Waals surface area contributed by atoms with Crippen molar-refractivity contribution in [3.8, 4) is 6.07 Å². The average Bonchev–Trinajstić information content (AvgIpc) is 2.25. The molecule has 0 atom stereocenters. The molecule has 0 unspecified atom stereocenters. The molecule has 0 saturated heterocycles. The summed E-state index contributed by atoms with van der Waals surface area (Å²) in [5, 5.41) is 8.99. The molecule has 2 nitrogen and oxygen atoms in total. The maximum atomic E-state index is 8.99. The van der Waals surface area contributed by atoms with Crippen LogP contribution in [-0.2, 0) is 0 Å². The molecular weight excluding hydrogens is 272 g/mol. The second kappa shape index (κ2) is 6.04. The zero-order valence-corrected chi connectivity index (χ0v) is 11.2. The van der Waals surface area contributed by atoms with E-state index in [-0.39, 0.29) is 0 Å². The van der Waals surface area contributed by atoms with E-state index in [2.05, 4.69) is 33.2 Å². The third kappa shape index (κ3) is 3.44. The number of benzene rings is 1. The van der Waals surface area contributed by atoms with Gasteiger partial charge in [0.05, 0.1) is 11.3 Å². The Kier molecular flexibility index (Phi) is 5.00. The van der Waals surface area contributed by atoms with E-state index in [4.69, 9.17) is 5.26 Å². The molecule has 80 valence electrons. The first-order chi connectivity index (χ1) is 7.19. The van der Waals surface area contributed by atoms with Crippen LogP contribution in [0.15, 0.2) is 22.7 Å². The summed E-state index contributed by atoms with van der Waals surface area (Å²) in [4.78, 5) is 2.11. The first kappa shape index (κ1) is 12.4. The van der Waals surface area contributed by atoms with Gasteiger partial charge in [0, 0.05) is 23.8 Å². The van der Waals surface area contributed by atoms with Crippen LogP contribution in [0, 0.1) is 11.3 Å². The smallest absolute Gasteiger partial charge is 0.101 e. The van der Waals surface area contributed by atoms with Gasteiger partial charge in [-0.15, -0.1) is 0 Å². The van der Waals surface area contributed by atoms with Crippen molar-refractivity contribution in [2.24, 2.45) is 0 Å². The zero-order chi connectivity index (χ0) is 11.3. The van der Waals surface area contributed by atoms with Gasteiger partial charge < -0.3 is 4.90 Å². The molecule has 0 aliphatic carbocycles. The van der Waals surface area contributed by atoms with E-state index in [1.165, 1.54) is 0 Å². The van der Waals surface area contributed by atoms with Crippen molar-refractivity contribution in [2.45, 2.75) is 0 Å². The van der Waals surface area contributed by atoms with Crippen LogP contribution < -0.4 is 4.90 Å². The Morgan fingerprint density at radius 3 is 2.87 bits per heavy atom. The lowest BCUT2D eigenvalue weighted by Gasteiger charge is -2.20. The van der Waals surface area contributed by atoms with E-state index in [1.807, 2.05) is 25.2 Å². The average molecular weight is 285 g/mol. The molecule has 0 spiro atoms. The lowest BCUT2D eigenvalue weighted by molar-refractivity contribution is 0.974. The normalized spacial score (nSPS) is 9.73. The fourth-order valence-electron chi connectivity index (χ4n) is 1.26. The first-order valence-electron chi connectivity index (χ1n) is 4.58. The lowest BCUT2D eigenvalue weighted by atomic mass is 10.2. The van der Waals surface area contributed by atoms with E-state index >= 15 is 0 Å². The van der Waals surface area contributed by atoms with Crippen LogP contribution in [0.4, 0.5) is 5.69 Å². The Labute approximate surface area is 103 Å². The summed E-state index contributed by atoms with van der Waals surface area (Å²) in [6.07, 6.45) is 2.08. The van der Waals surface area contributed by atoms with Crippen molar-refractivity contribution in [2.75, 3.05) is 30.5 Å². The molecule has 0 amide bonds. The van der Waals surface area contributed by atoms with Crippen LogP contribution >= 0.6 is 27.7 Å². The first-order valence-corrected chi connectivity index (χ1v) is 6.77. The van der Waals surface area contributed by atoms with Gasteiger partial charge in [-0.2, -0.15) is 17.0 Å². The monoisotopic (exact) mass is 284 g/mol. The lowest BCUT2D eigenvalue weighted by Crippen LogP contribution is -2.21. The Balaban J connectivity index is 2.91. The van der Waals surface area contributed by atoms with Gasteiger partial charge in [-0.05, 0) is 24.5 Å². The molecule has 15 heavy (non-hydrogen) atoms. The number of rotatable bonds is 4. The van der Waals surface area contributed by atoms with E-state index in [9.17, 15) is 0 Å². The fraction of sp³-hybridized carbons (Fsp3) is 0.364. The molecule has 0 fully saturated rings. The van der Waals surface area contributed by atoms with Gasteiger partial charge in [0.1, 0.15) is 6.07 Å². The summed E-state index contributed by atoms with van der Waals surface area (Å²) < 4.78 is 1.01. The molecule has 1 aromatic rings. The predicted molar refractivity (Wildman–Crippen MR) is 70.5 cm³/mol. The quantitative estimate of drug-likeness (QED) is 0.850. The zero-order valence-electron chi connectivity index (χ0n) is 8.83. The fourth-order valence-corrected chi connectivity index (χ4v) is 2.07. The van der Waals surface area contributed by atoms with Gasteiger partial charge in [-0.25, -0.2) is 0 Å². The number of halogens is 1. The summed E-state index contributed by atoms with van der Waals surface area (Å²) in [5.41, 5.74) is 1.71. The molecule has 4 heteroatoms. The largest absolute Gasteiger partial charge is 0.373 e. The Bertz CT molecular complexity index is 373. The number of anilines is 1. The third-order valence-corrected chi connectivity index (χ3v) is 3.21. The van der Waals surface area contributed by atoms with Crippen LogP contribution in [0.1, 0.15) is 5.56 Å². The molecule has 0 radical (unpaired) electrons. The van der Waals surface area contributed by atoms with Crippen molar-refractivity contribution >= 4 is 33.4 Å². The van der Waals surface area contributed by atoms with Crippen molar-refractivity contribution in [1.82, 2.24) is 0 Å². The van der Waals surface area contributed by atoms with Gasteiger partial charge in [-0.3, -0.25) is 0 Å². The molecular formula is C11H13BrN2S. The molecule has 1 rings (SSSR count). The van der Waals surface area contributed by atoms with Gasteiger partial charge in [0.15, 0.2) is 0 Å². The van der Waals surface area contributed by atoms with Gasteiger partial charge in [-0.1, -0.05) is 15.9 Å². The summed E-state index contributed by atoms with van der Waals surface area (Å²) in [6.45, 7) is 0.951. The number of nitriles is 1. The van der Waals surface area contributed by atoms with E-state index < -0.39 is 0 Å². The van der Waals surface area contributed by atoms with E-state index in [0.717, 1.165) is 28.0 Å². The summed E-state index contributed by atoms with van der Waals surface area (Å²) in [5.74, 6) is 1.06. The molecule has 1 aromatic carbocycles. The predicted octanol–water partition coefficient (Wildman–Crippen LogP) is 3.12. The minimum Gasteiger partial charge on any atom is -0.373 e. The summed E-state index contributed by atoms with van der Waals surface area (Å²) >= 11 is 5.23. The third-order valence-electron chi connectivity index (χ3n) is 2.12. The van der Waals surface area contributed by atoms with Crippen LogP contribution in [0.3, 0.4) is 0 Å². The highest BCUT2D eigenvalue weighted by atomic mass is 79.9. The highest BCUT2D eigenvalue weighted by Crippen LogP contribution is 2.23. The Morgan fingerprint density at radius 2 is 2.27 bits per heavy atom. The molecule has 0 aliphatic heterocycles. The van der Waals surface area contributed by atoms with Crippen molar-refractivity contribution in [3.63, 3.8) is 0 Å². The second-order valence-electron chi connectivity index (χ2n) is 3.19.